The largest absolute Gasteiger partial charge is 0.456 e. The average molecular weight is 659 g/mol. The van der Waals surface area contributed by atoms with E-state index in [0.717, 1.165) is 49.4 Å². The number of hydrogen-bond donors (Lipinski definition) is 0. The van der Waals surface area contributed by atoms with Crippen molar-refractivity contribution in [3.05, 3.63) is 158 Å². The van der Waals surface area contributed by atoms with Crippen LogP contribution < -0.4 is 0 Å². The molecule has 0 aliphatic carbocycles. The van der Waals surface area contributed by atoms with E-state index in [1.165, 1.54) is 12.1 Å². The van der Waals surface area contributed by atoms with E-state index in [1.54, 1.807) is 12.1 Å². The first-order valence-corrected chi connectivity index (χ1v) is 16.6. The van der Waals surface area contributed by atoms with E-state index >= 15 is 0 Å². The zero-order chi connectivity index (χ0) is 36.9. The molecule has 6 heteroatoms. The van der Waals surface area contributed by atoms with Gasteiger partial charge in [-0.15, -0.1) is 0 Å². The molecule has 0 aliphatic rings. The Morgan fingerprint density at radius 1 is 0.471 bits per heavy atom. The summed E-state index contributed by atoms with van der Waals surface area (Å²) in [6, 6.07) is 42.5. The zero-order valence-electron chi connectivity index (χ0n) is 30.8. The molecule has 0 unspecified atom stereocenters. The van der Waals surface area contributed by atoms with Crippen LogP contribution in [0, 0.1) is 0 Å². The number of furan rings is 2. The molecule has 7 aromatic carbocycles. The van der Waals surface area contributed by atoms with Gasteiger partial charge in [0.15, 0.2) is 23.1 Å². The highest BCUT2D eigenvalue weighted by atomic mass is 16.3. The second kappa shape index (κ2) is 10.7. The predicted molar refractivity (Wildman–Crippen MR) is 205 cm³/mol. The second-order valence-corrected chi connectivity index (χ2v) is 12.5. The van der Waals surface area contributed by atoms with Crippen LogP contribution >= 0.6 is 0 Å². The minimum atomic E-state index is 0.144. The van der Waals surface area contributed by atoms with Gasteiger partial charge >= 0.3 is 0 Å². The number of fused-ring (bicyclic) bond motifs is 9. The highest BCUT2D eigenvalue weighted by molar-refractivity contribution is 6.16. The van der Waals surface area contributed by atoms with E-state index in [0.29, 0.717) is 56.1 Å². The molecule has 0 atom stereocenters. The molecule has 0 amide bonds. The van der Waals surface area contributed by atoms with Crippen LogP contribution in [0.15, 0.2) is 166 Å². The van der Waals surface area contributed by atoms with Crippen molar-refractivity contribution in [2.75, 3.05) is 0 Å². The first-order valence-electron chi connectivity index (χ1n) is 18.6. The maximum atomic E-state index is 8.96. The SMILES string of the molecule is [2H]c1cc([2H])c2c(c1)c1cc([2H])cc([2H])c1n2-c1cccc2c1oc1cccc(-c3nc(-c4ccccc4)nc(-c4ccc5c(c4)oc4ccccc45)n3)c12. The van der Waals surface area contributed by atoms with E-state index < -0.39 is 0 Å². The van der Waals surface area contributed by atoms with Gasteiger partial charge < -0.3 is 13.4 Å². The molecule has 6 nitrogen and oxygen atoms in total. The Labute approximate surface area is 296 Å². The Morgan fingerprint density at radius 3 is 1.96 bits per heavy atom. The van der Waals surface area contributed by atoms with Crippen LogP contribution in [0.25, 0.3) is 106 Å². The smallest absolute Gasteiger partial charge is 0.164 e. The van der Waals surface area contributed by atoms with Crippen LogP contribution in [0.1, 0.15) is 5.48 Å². The molecule has 0 spiro atoms. The Morgan fingerprint density at radius 2 is 1.14 bits per heavy atom. The van der Waals surface area contributed by atoms with Gasteiger partial charge in [0.2, 0.25) is 0 Å². The van der Waals surface area contributed by atoms with E-state index in [4.69, 9.17) is 29.3 Å². The highest BCUT2D eigenvalue weighted by Crippen LogP contribution is 2.41. The Hall–Kier alpha value is -7.05. The summed E-state index contributed by atoms with van der Waals surface area (Å²) in [5.74, 6) is 1.49. The van der Waals surface area contributed by atoms with Crippen molar-refractivity contribution >= 4 is 65.7 Å². The number of hydrogen-bond acceptors (Lipinski definition) is 5. The lowest BCUT2D eigenvalue weighted by atomic mass is 10.0. The lowest BCUT2D eigenvalue weighted by Crippen LogP contribution is -2.00. The third-order valence-corrected chi connectivity index (χ3v) is 9.58. The maximum Gasteiger partial charge on any atom is 0.164 e. The minimum absolute atomic E-state index is 0.144. The Balaban J connectivity index is 1.16. The molecule has 0 saturated carbocycles. The summed E-state index contributed by atoms with van der Waals surface area (Å²) in [4.78, 5) is 15.1. The molecule has 0 N–H and O–H groups in total. The zero-order valence-corrected chi connectivity index (χ0v) is 26.8. The predicted octanol–water partition coefficient (Wildman–Crippen LogP) is 11.8. The molecule has 0 bridgehead atoms. The van der Waals surface area contributed by atoms with E-state index in [-0.39, 0.29) is 24.2 Å². The summed E-state index contributed by atoms with van der Waals surface area (Å²) < 4.78 is 49.4. The number of benzene rings is 7. The van der Waals surface area contributed by atoms with Gasteiger partial charge in [0.1, 0.15) is 16.7 Å². The van der Waals surface area contributed by atoms with Gasteiger partial charge in [-0.05, 0) is 42.4 Å². The van der Waals surface area contributed by atoms with Crippen LogP contribution in [-0.4, -0.2) is 19.5 Å². The van der Waals surface area contributed by atoms with Crippen LogP contribution in [0.5, 0.6) is 0 Å². The fraction of sp³-hybridized carbons (Fsp3) is 0. The Bertz CT molecular complexity index is 3320. The molecule has 0 fully saturated rings. The van der Waals surface area contributed by atoms with Crippen LogP contribution in [0.4, 0.5) is 0 Å². The lowest BCUT2D eigenvalue weighted by Gasteiger charge is -2.10. The number of rotatable bonds is 4. The standard InChI is InChI=1S/C45H26N4O2/c1-2-12-27(13-3-1)43-46-44(28-24-25-32-31-16-6-9-22-38(31)50-40(32)26-28)48-45(47-43)34-18-11-23-39-41(34)33-17-10-21-37(42(33)51-39)49-35-19-7-4-14-29(35)30-15-5-8-20-36(30)49/h1-26H/i4D,5D,19D,20D. The summed E-state index contributed by atoms with van der Waals surface area (Å²) in [6.07, 6.45) is 0. The molecule has 11 rings (SSSR count). The van der Waals surface area contributed by atoms with Crippen molar-refractivity contribution in [2.24, 2.45) is 0 Å². The van der Waals surface area contributed by atoms with Crippen LogP contribution in [0.3, 0.4) is 0 Å². The molecular weight excluding hydrogens is 629 g/mol. The van der Waals surface area contributed by atoms with Crippen molar-refractivity contribution in [1.29, 1.82) is 0 Å². The third kappa shape index (κ3) is 4.20. The molecule has 11 aromatic rings. The van der Waals surface area contributed by atoms with E-state index in [9.17, 15) is 0 Å². The molecule has 238 valence electrons. The summed E-state index contributed by atoms with van der Waals surface area (Å²) in [7, 11) is 0. The van der Waals surface area contributed by atoms with Gasteiger partial charge in [-0.3, -0.25) is 0 Å². The highest BCUT2D eigenvalue weighted by Gasteiger charge is 2.21. The monoisotopic (exact) mass is 658 g/mol. The molecular formula is C45H26N4O2. The summed E-state index contributed by atoms with van der Waals surface area (Å²) in [5.41, 5.74) is 6.82. The molecule has 51 heavy (non-hydrogen) atoms. The van der Waals surface area contributed by atoms with Crippen molar-refractivity contribution in [2.45, 2.75) is 0 Å². The normalized spacial score (nSPS) is 13.0. The first-order chi connectivity index (χ1) is 26.9. The third-order valence-electron chi connectivity index (χ3n) is 9.58. The second-order valence-electron chi connectivity index (χ2n) is 12.5. The van der Waals surface area contributed by atoms with Crippen molar-refractivity contribution in [1.82, 2.24) is 19.5 Å². The van der Waals surface area contributed by atoms with E-state index in [1.807, 2.05) is 108 Å². The van der Waals surface area contributed by atoms with Gasteiger partial charge in [-0.2, -0.15) is 0 Å². The minimum Gasteiger partial charge on any atom is -0.456 e. The van der Waals surface area contributed by atoms with Gasteiger partial charge in [-0.1, -0.05) is 115 Å². The molecule has 0 radical (unpaired) electrons. The number of aromatic nitrogens is 4. The van der Waals surface area contributed by atoms with Crippen molar-refractivity contribution < 1.29 is 14.3 Å². The van der Waals surface area contributed by atoms with Crippen LogP contribution in [0.2, 0.25) is 0 Å². The fourth-order valence-corrected chi connectivity index (χ4v) is 7.30. The molecule has 4 aromatic heterocycles. The molecule has 0 saturated heterocycles. The molecule has 4 heterocycles. The van der Waals surface area contributed by atoms with E-state index in [2.05, 4.69) is 6.07 Å². The first kappa shape index (κ1) is 24.1. The summed E-state index contributed by atoms with van der Waals surface area (Å²) >= 11 is 0. The fourth-order valence-electron chi connectivity index (χ4n) is 7.30. The van der Waals surface area contributed by atoms with Gasteiger partial charge in [0.25, 0.3) is 0 Å². The van der Waals surface area contributed by atoms with Crippen molar-refractivity contribution in [3.8, 4) is 39.9 Å². The average Bonchev–Trinajstić information content (AvgIpc) is 3.87. The number of nitrogens with zero attached hydrogens (tertiary/aromatic N) is 4. The maximum absolute atomic E-state index is 8.96. The number of para-hydroxylation sites is 4. The van der Waals surface area contributed by atoms with Crippen molar-refractivity contribution in [3.63, 3.8) is 0 Å². The summed E-state index contributed by atoms with van der Waals surface area (Å²) in [6.45, 7) is 0. The van der Waals surface area contributed by atoms with Gasteiger partial charge in [-0.25, -0.2) is 15.0 Å². The molecule has 0 aliphatic heterocycles. The van der Waals surface area contributed by atoms with Gasteiger partial charge in [0, 0.05) is 49.0 Å². The Kier molecular flexibility index (Phi) is 5.08. The van der Waals surface area contributed by atoms with Gasteiger partial charge in [0.05, 0.1) is 22.2 Å². The van der Waals surface area contributed by atoms with Crippen LogP contribution in [-0.2, 0) is 0 Å². The lowest BCUT2D eigenvalue weighted by molar-refractivity contribution is 0.666. The quantitative estimate of drug-likeness (QED) is 0.188. The summed E-state index contributed by atoms with van der Waals surface area (Å²) in [5, 5.41) is 4.94. The topological polar surface area (TPSA) is 69.9 Å².